The van der Waals surface area contributed by atoms with Gasteiger partial charge in [0.1, 0.15) is 6.61 Å². The third-order valence-corrected chi connectivity index (χ3v) is 5.51. The molecule has 3 rings (SSSR count). The number of nitrogens with zero attached hydrogens (tertiary/aromatic N) is 2. The van der Waals surface area contributed by atoms with Crippen LogP contribution in [0.2, 0.25) is 5.02 Å². The van der Waals surface area contributed by atoms with Crippen LogP contribution < -0.4 is 10.1 Å². The van der Waals surface area contributed by atoms with E-state index in [0.717, 1.165) is 23.7 Å². The zero-order valence-electron chi connectivity index (χ0n) is 16.9. The largest absolute Gasteiger partial charge is 0.476 e. The van der Waals surface area contributed by atoms with Gasteiger partial charge in [-0.15, -0.1) is 0 Å². The molecule has 1 amide bonds. The van der Waals surface area contributed by atoms with Gasteiger partial charge in [-0.3, -0.25) is 4.79 Å². The molecule has 2 aromatic rings. The molecule has 28 heavy (non-hydrogen) atoms. The number of hydrogen-bond donors (Lipinski definition) is 1. The number of nitrogens with one attached hydrogen (secondary N) is 1. The zero-order chi connectivity index (χ0) is 20.3. The Hall–Kier alpha value is -2.11. The third kappa shape index (κ3) is 4.83. The number of amides is 1. The average Bonchev–Trinajstić information content (AvgIpc) is 3.02. The Balaban J connectivity index is 1.65. The SMILES string of the molecule is Cc1cccnc1OCC(C)(C)C(=O)N[C@H]1CN(C)C[C@@H]1c1ccc(Cl)cc1. The number of pyridine rings is 1. The fourth-order valence-electron chi connectivity index (χ4n) is 3.49. The zero-order valence-corrected chi connectivity index (χ0v) is 17.7. The van der Waals surface area contributed by atoms with Gasteiger partial charge >= 0.3 is 0 Å². The van der Waals surface area contributed by atoms with Crippen molar-refractivity contribution in [2.24, 2.45) is 5.41 Å². The molecule has 1 aliphatic rings. The average molecular weight is 402 g/mol. The topological polar surface area (TPSA) is 54.5 Å². The number of likely N-dealkylation sites (tertiary alicyclic amines) is 1. The van der Waals surface area contributed by atoms with Crippen LogP contribution in [0.15, 0.2) is 42.6 Å². The molecule has 1 saturated heterocycles. The molecule has 0 radical (unpaired) electrons. The van der Waals surface area contributed by atoms with Crippen LogP contribution in [-0.2, 0) is 4.79 Å². The Morgan fingerprint density at radius 1 is 1.29 bits per heavy atom. The van der Waals surface area contributed by atoms with Crippen molar-refractivity contribution in [1.29, 1.82) is 0 Å². The number of aryl methyl sites for hydroxylation is 1. The maximum atomic E-state index is 13.0. The summed E-state index contributed by atoms with van der Waals surface area (Å²) in [7, 11) is 2.08. The number of likely N-dealkylation sites (N-methyl/N-ethyl adjacent to an activating group) is 1. The Labute approximate surface area is 172 Å². The van der Waals surface area contributed by atoms with Crippen molar-refractivity contribution in [1.82, 2.24) is 15.2 Å². The lowest BCUT2D eigenvalue weighted by Gasteiger charge is -2.28. The summed E-state index contributed by atoms with van der Waals surface area (Å²) in [5, 5.41) is 3.97. The Bertz CT molecular complexity index is 823. The van der Waals surface area contributed by atoms with Crippen molar-refractivity contribution in [3.8, 4) is 5.88 Å². The number of carbonyl (C=O) groups excluding carboxylic acids is 1. The maximum Gasteiger partial charge on any atom is 0.229 e. The van der Waals surface area contributed by atoms with E-state index in [2.05, 4.69) is 22.2 Å². The molecule has 1 fully saturated rings. The monoisotopic (exact) mass is 401 g/mol. The van der Waals surface area contributed by atoms with Crippen LogP contribution in [0.25, 0.3) is 0 Å². The minimum atomic E-state index is -0.671. The highest BCUT2D eigenvalue weighted by molar-refractivity contribution is 6.30. The number of aromatic nitrogens is 1. The second kappa shape index (κ2) is 8.50. The van der Waals surface area contributed by atoms with Gasteiger partial charge in [-0.2, -0.15) is 0 Å². The summed E-state index contributed by atoms with van der Waals surface area (Å²) < 4.78 is 5.84. The molecule has 0 aliphatic carbocycles. The van der Waals surface area contributed by atoms with Crippen LogP contribution in [-0.4, -0.2) is 48.6 Å². The van der Waals surface area contributed by atoms with Crippen molar-refractivity contribution in [3.63, 3.8) is 0 Å². The standard InChI is InChI=1S/C22H28ClN3O2/c1-15-6-5-11-24-20(15)28-14-22(2,3)21(27)25-19-13-26(4)12-18(19)16-7-9-17(23)10-8-16/h5-11,18-19H,12-14H2,1-4H3,(H,25,27)/t18-,19+/m1/s1. The lowest BCUT2D eigenvalue weighted by atomic mass is 9.90. The van der Waals surface area contributed by atoms with Crippen molar-refractivity contribution >= 4 is 17.5 Å². The first-order valence-electron chi connectivity index (χ1n) is 9.55. The highest BCUT2D eigenvalue weighted by Crippen LogP contribution is 2.29. The summed E-state index contributed by atoms with van der Waals surface area (Å²) in [4.78, 5) is 19.5. The molecule has 1 aromatic carbocycles. The Morgan fingerprint density at radius 2 is 2.00 bits per heavy atom. The molecule has 5 nitrogen and oxygen atoms in total. The molecule has 0 saturated carbocycles. The molecule has 2 heterocycles. The van der Waals surface area contributed by atoms with E-state index >= 15 is 0 Å². The van der Waals surface area contributed by atoms with E-state index in [9.17, 15) is 4.79 Å². The molecule has 0 unspecified atom stereocenters. The number of carbonyl (C=O) groups is 1. The van der Waals surface area contributed by atoms with Crippen molar-refractivity contribution in [2.75, 3.05) is 26.7 Å². The van der Waals surface area contributed by atoms with Crippen LogP contribution in [0.1, 0.15) is 30.9 Å². The van der Waals surface area contributed by atoms with E-state index in [1.165, 1.54) is 5.56 Å². The van der Waals surface area contributed by atoms with Crippen LogP contribution >= 0.6 is 11.6 Å². The lowest BCUT2D eigenvalue weighted by Crippen LogP contribution is -2.48. The number of ether oxygens (including phenoxy) is 1. The van der Waals surface area contributed by atoms with Crippen LogP contribution in [0.5, 0.6) is 5.88 Å². The van der Waals surface area contributed by atoms with Gasteiger partial charge in [0.2, 0.25) is 11.8 Å². The molecule has 1 aromatic heterocycles. The van der Waals surface area contributed by atoms with E-state index in [4.69, 9.17) is 16.3 Å². The first kappa shape index (κ1) is 20.6. The highest BCUT2D eigenvalue weighted by Gasteiger charge is 2.37. The van der Waals surface area contributed by atoms with Gasteiger partial charge < -0.3 is 15.0 Å². The summed E-state index contributed by atoms with van der Waals surface area (Å²) in [6.45, 7) is 7.73. The van der Waals surface area contributed by atoms with E-state index in [1.807, 2.05) is 57.2 Å². The van der Waals surface area contributed by atoms with Gasteiger partial charge in [0.05, 0.1) is 5.41 Å². The fourth-order valence-corrected chi connectivity index (χ4v) is 3.62. The summed E-state index contributed by atoms with van der Waals surface area (Å²) in [5.74, 6) is 0.796. The van der Waals surface area contributed by atoms with E-state index in [-0.39, 0.29) is 24.5 Å². The van der Waals surface area contributed by atoms with Crippen molar-refractivity contribution in [3.05, 3.63) is 58.7 Å². The van der Waals surface area contributed by atoms with Crippen LogP contribution in [0, 0.1) is 12.3 Å². The second-order valence-electron chi connectivity index (χ2n) is 8.26. The predicted molar refractivity (Wildman–Crippen MR) is 112 cm³/mol. The normalized spacial score (nSPS) is 20.2. The molecule has 1 aliphatic heterocycles. The van der Waals surface area contributed by atoms with E-state index in [1.54, 1.807) is 6.20 Å². The number of hydrogen-bond acceptors (Lipinski definition) is 4. The molecular weight excluding hydrogens is 374 g/mol. The summed E-state index contributed by atoms with van der Waals surface area (Å²) in [6, 6.07) is 11.8. The molecule has 0 spiro atoms. The van der Waals surface area contributed by atoms with Crippen LogP contribution in [0.3, 0.4) is 0 Å². The van der Waals surface area contributed by atoms with Gasteiger partial charge in [-0.05, 0) is 51.6 Å². The molecular formula is C22H28ClN3O2. The molecule has 0 bridgehead atoms. The van der Waals surface area contributed by atoms with Crippen molar-refractivity contribution < 1.29 is 9.53 Å². The lowest BCUT2D eigenvalue weighted by molar-refractivity contribution is -0.131. The maximum absolute atomic E-state index is 13.0. The predicted octanol–water partition coefficient (Wildman–Crippen LogP) is 3.66. The number of halogens is 1. The van der Waals surface area contributed by atoms with Crippen LogP contribution in [0.4, 0.5) is 0 Å². The first-order chi connectivity index (χ1) is 13.3. The minimum absolute atomic E-state index is 0.0136. The Morgan fingerprint density at radius 3 is 2.68 bits per heavy atom. The van der Waals surface area contributed by atoms with Gasteiger partial charge in [-0.1, -0.05) is 29.8 Å². The molecule has 1 N–H and O–H groups in total. The number of rotatable bonds is 6. The molecule has 150 valence electrons. The molecule has 2 atom stereocenters. The first-order valence-corrected chi connectivity index (χ1v) is 9.93. The van der Waals surface area contributed by atoms with Crippen molar-refractivity contribution in [2.45, 2.75) is 32.7 Å². The summed E-state index contributed by atoms with van der Waals surface area (Å²) >= 11 is 6.02. The Kier molecular flexibility index (Phi) is 6.26. The van der Waals surface area contributed by atoms with Gasteiger partial charge in [0, 0.05) is 41.8 Å². The second-order valence-corrected chi connectivity index (χ2v) is 8.69. The smallest absolute Gasteiger partial charge is 0.229 e. The third-order valence-electron chi connectivity index (χ3n) is 5.26. The fraction of sp³-hybridized carbons (Fsp3) is 0.455. The van der Waals surface area contributed by atoms with Gasteiger partial charge in [0.25, 0.3) is 0 Å². The van der Waals surface area contributed by atoms with Gasteiger partial charge in [-0.25, -0.2) is 4.98 Å². The summed E-state index contributed by atoms with van der Waals surface area (Å²) in [5.41, 5.74) is 1.48. The van der Waals surface area contributed by atoms with E-state index in [0.29, 0.717) is 5.88 Å². The van der Waals surface area contributed by atoms with Gasteiger partial charge in [0.15, 0.2) is 0 Å². The highest BCUT2D eigenvalue weighted by atomic mass is 35.5. The molecule has 6 heteroatoms. The quantitative estimate of drug-likeness (QED) is 0.802. The minimum Gasteiger partial charge on any atom is -0.476 e. The summed E-state index contributed by atoms with van der Waals surface area (Å²) in [6.07, 6.45) is 1.69. The number of benzene rings is 1. The van der Waals surface area contributed by atoms with E-state index < -0.39 is 5.41 Å².